The second kappa shape index (κ2) is 5.47. The fourth-order valence-electron chi connectivity index (χ4n) is 2.28. The van der Waals surface area contributed by atoms with E-state index >= 15 is 0 Å². The van der Waals surface area contributed by atoms with Gasteiger partial charge in [-0.15, -0.1) is 11.3 Å². The smallest absolute Gasteiger partial charge is 0.212 e. The van der Waals surface area contributed by atoms with Gasteiger partial charge in [0.1, 0.15) is 0 Å². The zero-order chi connectivity index (χ0) is 15.0. The molecule has 110 valence electrons. The Bertz CT molecular complexity index is 637. The third-order valence-electron chi connectivity index (χ3n) is 3.70. The first-order chi connectivity index (χ1) is 9.31. The van der Waals surface area contributed by atoms with Crippen LogP contribution in [0.1, 0.15) is 48.0 Å². The number of rotatable bonds is 6. The highest BCUT2D eigenvalue weighted by atomic mass is 32.2. The lowest BCUT2D eigenvalue weighted by atomic mass is 10.2. The minimum atomic E-state index is -3.41. The van der Waals surface area contributed by atoms with E-state index in [0.29, 0.717) is 12.8 Å². The Labute approximate surface area is 124 Å². The van der Waals surface area contributed by atoms with E-state index in [1.165, 1.54) is 10.4 Å². The predicted molar refractivity (Wildman–Crippen MR) is 81.1 cm³/mol. The molecule has 1 atom stereocenters. The van der Waals surface area contributed by atoms with Crippen molar-refractivity contribution in [3.8, 4) is 6.07 Å². The standard InChI is InChI=1S/C14H20N2O2S2/c1-4-12-10(2)7-13(19-12)11(3)16-20(17,18)9-14(8-15)5-6-14/h7,11,16H,4-6,9H2,1-3H3/t11-/m0/s1. The maximum atomic E-state index is 12.1. The molecule has 2 rings (SSSR count). The Balaban J connectivity index is 2.06. The van der Waals surface area contributed by atoms with Crippen LogP contribution in [0.4, 0.5) is 0 Å². The summed E-state index contributed by atoms with van der Waals surface area (Å²) in [5.74, 6) is -0.0775. The molecule has 0 saturated heterocycles. The molecule has 20 heavy (non-hydrogen) atoms. The van der Waals surface area contributed by atoms with E-state index in [0.717, 1.165) is 11.3 Å². The highest BCUT2D eigenvalue weighted by Gasteiger charge is 2.47. The lowest BCUT2D eigenvalue weighted by Gasteiger charge is -2.14. The van der Waals surface area contributed by atoms with Crippen LogP contribution >= 0.6 is 11.3 Å². The zero-order valence-corrected chi connectivity index (χ0v) is 13.7. The van der Waals surface area contributed by atoms with Crippen LogP contribution in [0.3, 0.4) is 0 Å². The number of hydrogen-bond donors (Lipinski definition) is 1. The van der Waals surface area contributed by atoms with E-state index in [4.69, 9.17) is 5.26 Å². The Morgan fingerprint density at radius 2 is 2.20 bits per heavy atom. The van der Waals surface area contributed by atoms with Crippen molar-refractivity contribution in [1.29, 1.82) is 5.26 Å². The van der Waals surface area contributed by atoms with Crippen molar-refractivity contribution in [3.05, 3.63) is 21.4 Å². The molecular formula is C14H20N2O2S2. The number of thiophene rings is 1. The van der Waals surface area contributed by atoms with Crippen molar-refractivity contribution >= 4 is 21.4 Å². The Morgan fingerprint density at radius 1 is 1.55 bits per heavy atom. The van der Waals surface area contributed by atoms with Crippen molar-refractivity contribution in [3.63, 3.8) is 0 Å². The van der Waals surface area contributed by atoms with Gasteiger partial charge in [0.05, 0.1) is 23.3 Å². The number of nitriles is 1. The molecule has 1 saturated carbocycles. The predicted octanol–water partition coefficient (Wildman–Crippen LogP) is 2.90. The maximum absolute atomic E-state index is 12.1. The summed E-state index contributed by atoms with van der Waals surface area (Å²) in [7, 11) is -3.41. The van der Waals surface area contributed by atoms with Crippen molar-refractivity contribution in [1.82, 2.24) is 4.72 Å². The van der Waals surface area contributed by atoms with E-state index < -0.39 is 15.4 Å². The number of nitrogens with one attached hydrogen (secondary N) is 1. The molecule has 1 aromatic heterocycles. The molecule has 0 aromatic carbocycles. The number of sulfonamides is 1. The number of nitrogens with zero attached hydrogens (tertiary/aromatic N) is 1. The Hall–Kier alpha value is -0.900. The summed E-state index contributed by atoms with van der Waals surface area (Å²) in [6.07, 6.45) is 2.35. The summed E-state index contributed by atoms with van der Waals surface area (Å²) in [5.41, 5.74) is 0.583. The van der Waals surface area contributed by atoms with E-state index in [9.17, 15) is 8.42 Å². The number of hydrogen-bond acceptors (Lipinski definition) is 4. The topological polar surface area (TPSA) is 70.0 Å². The molecule has 0 radical (unpaired) electrons. The Kier molecular flexibility index (Phi) is 4.24. The van der Waals surface area contributed by atoms with Crippen molar-refractivity contribution in [2.24, 2.45) is 5.41 Å². The van der Waals surface area contributed by atoms with Crippen LogP contribution in [0.2, 0.25) is 0 Å². The molecule has 1 aliphatic rings. The molecule has 1 aliphatic carbocycles. The van der Waals surface area contributed by atoms with E-state index in [2.05, 4.69) is 24.6 Å². The first kappa shape index (κ1) is 15.5. The van der Waals surface area contributed by atoms with Gasteiger partial charge in [-0.1, -0.05) is 6.92 Å². The van der Waals surface area contributed by atoms with Crippen molar-refractivity contribution in [2.75, 3.05) is 5.75 Å². The minimum absolute atomic E-state index is 0.0775. The molecule has 1 N–H and O–H groups in total. The molecule has 0 amide bonds. The van der Waals surface area contributed by atoms with Gasteiger partial charge in [-0.25, -0.2) is 13.1 Å². The van der Waals surface area contributed by atoms with Gasteiger partial charge < -0.3 is 0 Å². The van der Waals surface area contributed by atoms with E-state index in [-0.39, 0.29) is 11.8 Å². The van der Waals surface area contributed by atoms with Crippen LogP contribution in [0.15, 0.2) is 6.07 Å². The largest absolute Gasteiger partial charge is 0.213 e. The average molecular weight is 312 g/mol. The van der Waals surface area contributed by atoms with Crippen LogP contribution in [-0.4, -0.2) is 14.2 Å². The highest BCUT2D eigenvalue weighted by Crippen LogP contribution is 2.46. The third-order valence-corrected chi connectivity index (χ3v) is 6.91. The SMILES string of the molecule is CCc1sc([C@H](C)NS(=O)(=O)CC2(C#N)CC2)cc1C. The van der Waals surface area contributed by atoms with Gasteiger partial charge in [-0.3, -0.25) is 0 Å². The zero-order valence-electron chi connectivity index (χ0n) is 12.1. The summed E-state index contributed by atoms with van der Waals surface area (Å²) < 4.78 is 27.0. The summed E-state index contributed by atoms with van der Waals surface area (Å²) in [6, 6.07) is 3.94. The van der Waals surface area contributed by atoms with Crippen LogP contribution < -0.4 is 4.72 Å². The van der Waals surface area contributed by atoms with Crippen LogP contribution in [0.25, 0.3) is 0 Å². The first-order valence-electron chi connectivity index (χ1n) is 6.81. The molecule has 0 unspecified atom stereocenters. The second-order valence-corrected chi connectivity index (χ2v) is 8.52. The fourth-order valence-corrected chi connectivity index (χ4v) is 5.31. The molecule has 1 heterocycles. The molecule has 1 aromatic rings. The van der Waals surface area contributed by atoms with E-state index in [1.807, 2.05) is 13.0 Å². The quantitative estimate of drug-likeness (QED) is 0.878. The first-order valence-corrected chi connectivity index (χ1v) is 9.28. The summed E-state index contributed by atoms with van der Waals surface area (Å²) in [4.78, 5) is 2.33. The molecule has 0 spiro atoms. The van der Waals surface area contributed by atoms with Gasteiger partial charge >= 0.3 is 0 Å². The monoisotopic (exact) mass is 312 g/mol. The van der Waals surface area contributed by atoms with Crippen molar-refractivity contribution in [2.45, 2.75) is 46.1 Å². The Morgan fingerprint density at radius 3 is 2.65 bits per heavy atom. The number of aryl methyl sites for hydroxylation is 2. The maximum Gasteiger partial charge on any atom is 0.213 e. The second-order valence-electron chi connectivity index (χ2n) is 5.60. The third kappa shape index (κ3) is 3.40. The van der Waals surface area contributed by atoms with Gasteiger partial charge in [0, 0.05) is 9.75 Å². The van der Waals surface area contributed by atoms with Gasteiger partial charge in [0.25, 0.3) is 0 Å². The van der Waals surface area contributed by atoms with Crippen LogP contribution in [0.5, 0.6) is 0 Å². The molecular weight excluding hydrogens is 292 g/mol. The lowest BCUT2D eigenvalue weighted by molar-refractivity contribution is 0.557. The fraction of sp³-hybridized carbons (Fsp3) is 0.643. The van der Waals surface area contributed by atoms with Crippen LogP contribution in [0, 0.1) is 23.7 Å². The lowest BCUT2D eigenvalue weighted by Crippen LogP contribution is -2.32. The minimum Gasteiger partial charge on any atom is -0.212 e. The van der Waals surface area contributed by atoms with Gasteiger partial charge in [0.15, 0.2) is 0 Å². The summed E-state index contributed by atoms with van der Waals surface area (Å²) in [6.45, 7) is 6.00. The summed E-state index contributed by atoms with van der Waals surface area (Å²) in [5, 5.41) is 9.00. The van der Waals surface area contributed by atoms with Gasteiger partial charge in [-0.05, 0) is 44.7 Å². The highest BCUT2D eigenvalue weighted by molar-refractivity contribution is 7.89. The van der Waals surface area contributed by atoms with Gasteiger partial charge in [-0.2, -0.15) is 5.26 Å². The molecule has 0 aliphatic heterocycles. The molecule has 0 bridgehead atoms. The van der Waals surface area contributed by atoms with Crippen LogP contribution in [-0.2, 0) is 16.4 Å². The summed E-state index contributed by atoms with van der Waals surface area (Å²) >= 11 is 1.66. The normalized spacial score (nSPS) is 18.5. The van der Waals surface area contributed by atoms with Gasteiger partial charge in [0.2, 0.25) is 10.0 Å². The van der Waals surface area contributed by atoms with Crippen molar-refractivity contribution < 1.29 is 8.42 Å². The van der Waals surface area contributed by atoms with E-state index in [1.54, 1.807) is 11.3 Å². The molecule has 4 nitrogen and oxygen atoms in total. The average Bonchev–Trinajstić information content (AvgIpc) is 3.02. The molecule has 1 fully saturated rings. The molecule has 6 heteroatoms.